The van der Waals surface area contributed by atoms with E-state index in [4.69, 9.17) is 9.47 Å². The summed E-state index contributed by atoms with van der Waals surface area (Å²) in [5.74, 6) is -0.529. The van der Waals surface area contributed by atoms with Crippen LogP contribution in [0.25, 0.3) is 0 Å². The maximum atomic E-state index is 12.9. The molecule has 3 rings (SSSR count). The van der Waals surface area contributed by atoms with Crippen molar-refractivity contribution in [1.82, 2.24) is 4.31 Å². The van der Waals surface area contributed by atoms with Gasteiger partial charge in [0.05, 0.1) is 30.8 Å². The number of rotatable bonds is 6. The van der Waals surface area contributed by atoms with Crippen LogP contribution in [0.1, 0.15) is 17.3 Å². The lowest BCUT2D eigenvalue weighted by Gasteiger charge is -2.26. The number of hydrogen-bond acceptors (Lipinski definition) is 6. The second-order valence-corrected chi connectivity index (χ2v) is 8.53. The first kappa shape index (κ1) is 21.8. The van der Waals surface area contributed by atoms with Crippen molar-refractivity contribution in [2.75, 3.05) is 44.0 Å². The Hall–Kier alpha value is -2.95. The van der Waals surface area contributed by atoms with Crippen LogP contribution in [0.4, 0.5) is 11.4 Å². The molecular formula is C20H23N3O6S. The molecule has 0 radical (unpaired) electrons. The van der Waals surface area contributed by atoms with Crippen molar-refractivity contribution in [3.63, 3.8) is 0 Å². The number of ether oxygens (including phenoxy) is 2. The van der Waals surface area contributed by atoms with Crippen molar-refractivity contribution in [2.24, 2.45) is 0 Å². The molecule has 160 valence electrons. The molecule has 30 heavy (non-hydrogen) atoms. The van der Waals surface area contributed by atoms with Crippen LogP contribution in [0.15, 0.2) is 47.4 Å². The van der Waals surface area contributed by atoms with Gasteiger partial charge in [-0.25, -0.2) is 8.42 Å². The first-order valence-corrected chi connectivity index (χ1v) is 10.7. The van der Waals surface area contributed by atoms with Crippen LogP contribution in [-0.4, -0.2) is 58.0 Å². The van der Waals surface area contributed by atoms with E-state index in [-0.39, 0.29) is 35.2 Å². The Morgan fingerprint density at radius 2 is 1.70 bits per heavy atom. The maximum Gasteiger partial charge on any atom is 0.259 e. The zero-order valence-electron chi connectivity index (χ0n) is 16.7. The molecule has 0 bridgehead atoms. The van der Waals surface area contributed by atoms with E-state index >= 15 is 0 Å². The van der Waals surface area contributed by atoms with E-state index in [0.29, 0.717) is 24.6 Å². The number of amides is 2. The predicted octanol–water partition coefficient (Wildman–Crippen LogP) is 1.93. The molecular weight excluding hydrogens is 410 g/mol. The highest BCUT2D eigenvalue weighted by atomic mass is 32.2. The second-order valence-electron chi connectivity index (χ2n) is 6.59. The van der Waals surface area contributed by atoms with Gasteiger partial charge in [0.15, 0.2) is 0 Å². The molecule has 2 aromatic rings. The van der Waals surface area contributed by atoms with Gasteiger partial charge in [0.2, 0.25) is 15.9 Å². The molecule has 0 spiro atoms. The summed E-state index contributed by atoms with van der Waals surface area (Å²) >= 11 is 0. The molecule has 1 saturated heterocycles. The summed E-state index contributed by atoms with van der Waals surface area (Å²) in [6.45, 7) is 2.55. The zero-order valence-corrected chi connectivity index (χ0v) is 17.5. The van der Waals surface area contributed by atoms with E-state index in [0.717, 1.165) is 0 Å². The van der Waals surface area contributed by atoms with E-state index in [1.165, 1.54) is 36.5 Å². The fourth-order valence-electron chi connectivity index (χ4n) is 3.04. The van der Waals surface area contributed by atoms with Crippen molar-refractivity contribution in [1.29, 1.82) is 0 Å². The summed E-state index contributed by atoms with van der Waals surface area (Å²) in [4.78, 5) is 24.1. The summed E-state index contributed by atoms with van der Waals surface area (Å²) in [5.41, 5.74) is 1.04. The Morgan fingerprint density at radius 1 is 1.03 bits per heavy atom. The monoisotopic (exact) mass is 433 g/mol. The Balaban J connectivity index is 1.88. The smallest absolute Gasteiger partial charge is 0.259 e. The van der Waals surface area contributed by atoms with Crippen molar-refractivity contribution in [3.05, 3.63) is 48.0 Å². The molecule has 1 aliphatic heterocycles. The number of nitrogens with one attached hydrogen (secondary N) is 2. The van der Waals surface area contributed by atoms with Gasteiger partial charge in [-0.05, 0) is 36.4 Å². The van der Waals surface area contributed by atoms with Crippen LogP contribution in [0.2, 0.25) is 0 Å². The van der Waals surface area contributed by atoms with Gasteiger partial charge in [0.1, 0.15) is 5.75 Å². The number of benzene rings is 2. The number of morpholine rings is 1. The highest BCUT2D eigenvalue weighted by Crippen LogP contribution is 2.26. The number of hydrogen-bond donors (Lipinski definition) is 2. The minimum Gasteiger partial charge on any atom is -0.496 e. The normalized spacial score (nSPS) is 14.7. The predicted molar refractivity (Wildman–Crippen MR) is 111 cm³/mol. The van der Waals surface area contributed by atoms with E-state index in [1.807, 2.05) is 0 Å². The highest BCUT2D eigenvalue weighted by molar-refractivity contribution is 7.89. The van der Waals surface area contributed by atoms with Crippen LogP contribution >= 0.6 is 0 Å². The first-order valence-electron chi connectivity index (χ1n) is 9.26. The SMILES string of the molecule is COc1ccc(S(=O)(=O)N2CCOCC2)cc1C(=O)Nc1cccc(NC(C)=O)c1. The molecule has 9 nitrogen and oxygen atoms in total. The summed E-state index contributed by atoms with van der Waals surface area (Å²) in [6.07, 6.45) is 0. The van der Waals surface area contributed by atoms with Crippen LogP contribution in [0.3, 0.4) is 0 Å². The molecule has 0 aromatic heterocycles. The first-order chi connectivity index (χ1) is 14.3. The molecule has 10 heteroatoms. The van der Waals surface area contributed by atoms with Crippen LogP contribution < -0.4 is 15.4 Å². The number of nitrogens with zero attached hydrogens (tertiary/aromatic N) is 1. The number of carbonyl (C=O) groups excluding carboxylic acids is 2. The Labute approximate surface area is 175 Å². The Bertz CT molecular complexity index is 1050. The fourth-order valence-corrected chi connectivity index (χ4v) is 4.47. The molecule has 2 amide bonds. The van der Waals surface area contributed by atoms with Gasteiger partial charge in [-0.2, -0.15) is 4.31 Å². The lowest BCUT2D eigenvalue weighted by atomic mass is 10.1. The van der Waals surface area contributed by atoms with Crippen LogP contribution in [0, 0.1) is 0 Å². The molecule has 0 saturated carbocycles. The standard InChI is InChI=1S/C20H23N3O6S/c1-14(24)21-15-4-3-5-16(12-15)22-20(25)18-13-17(6-7-19(18)28-2)30(26,27)23-8-10-29-11-9-23/h3-7,12-13H,8-11H2,1-2H3,(H,21,24)(H,22,25). The average Bonchev–Trinajstić information content (AvgIpc) is 2.73. The number of anilines is 2. The van der Waals surface area contributed by atoms with Gasteiger partial charge in [-0.15, -0.1) is 0 Å². The summed E-state index contributed by atoms with van der Waals surface area (Å²) < 4.78 is 37.6. The average molecular weight is 433 g/mol. The Morgan fingerprint density at radius 3 is 2.33 bits per heavy atom. The van der Waals surface area contributed by atoms with Gasteiger partial charge in [-0.1, -0.05) is 6.07 Å². The van der Waals surface area contributed by atoms with Crippen molar-refractivity contribution in [2.45, 2.75) is 11.8 Å². The van der Waals surface area contributed by atoms with Crippen molar-refractivity contribution in [3.8, 4) is 5.75 Å². The van der Waals surface area contributed by atoms with Gasteiger partial charge in [0.25, 0.3) is 5.91 Å². The summed E-state index contributed by atoms with van der Waals surface area (Å²) in [6, 6.07) is 10.8. The largest absolute Gasteiger partial charge is 0.496 e. The molecule has 1 fully saturated rings. The molecule has 2 aromatic carbocycles. The maximum absolute atomic E-state index is 12.9. The van der Waals surface area contributed by atoms with Gasteiger partial charge in [-0.3, -0.25) is 9.59 Å². The van der Waals surface area contributed by atoms with Gasteiger partial charge in [0, 0.05) is 31.4 Å². The fraction of sp³-hybridized carbons (Fsp3) is 0.300. The van der Waals surface area contributed by atoms with Crippen molar-refractivity contribution < 1.29 is 27.5 Å². The van der Waals surface area contributed by atoms with Crippen LogP contribution in [-0.2, 0) is 19.6 Å². The van der Waals surface area contributed by atoms with E-state index in [9.17, 15) is 18.0 Å². The third kappa shape index (κ3) is 4.96. The lowest BCUT2D eigenvalue weighted by Crippen LogP contribution is -2.40. The topological polar surface area (TPSA) is 114 Å². The van der Waals surface area contributed by atoms with Crippen LogP contribution in [0.5, 0.6) is 5.75 Å². The zero-order chi connectivity index (χ0) is 21.7. The molecule has 0 aliphatic carbocycles. The number of sulfonamides is 1. The minimum absolute atomic E-state index is 0.00217. The molecule has 0 atom stereocenters. The van der Waals surface area contributed by atoms with E-state index in [1.54, 1.807) is 24.3 Å². The summed E-state index contributed by atoms with van der Waals surface area (Å²) in [7, 11) is -2.36. The second kappa shape index (κ2) is 9.24. The summed E-state index contributed by atoms with van der Waals surface area (Å²) in [5, 5.41) is 5.34. The third-order valence-corrected chi connectivity index (χ3v) is 6.36. The number of carbonyl (C=O) groups is 2. The third-order valence-electron chi connectivity index (χ3n) is 4.46. The van der Waals surface area contributed by atoms with E-state index in [2.05, 4.69) is 10.6 Å². The molecule has 0 unspecified atom stereocenters. The Kier molecular flexibility index (Phi) is 6.70. The minimum atomic E-state index is -3.77. The lowest BCUT2D eigenvalue weighted by molar-refractivity contribution is -0.114. The van der Waals surface area contributed by atoms with Crippen molar-refractivity contribution >= 4 is 33.2 Å². The quantitative estimate of drug-likeness (QED) is 0.720. The van der Waals surface area contributed by atoms with Gasteiger partial charge >= 0.3 is 0 Å². The highest BCUT2D eigenvalue weighted by Gasteiger charge is 2.28. The van der Waals surface area contributed by atoms with Gasteiger partial charge < -0.3 is 20.1 Å². The van der Waals surface area contributed by atoms with E-state index < -0.39 is 15.9 Å². The molecule has 1 aliphatic rings. The molecule has 1 heterocycles. The number of methoxy groups -OCH3 is 1. The molecule has 2 N–H and O–H groups in total.